The number of fused-ring (bicyclic) bond motifs is 4. The van der Waals surface area contributed by atoms with Crippen molar-refractivity contribution in [2.75, 3.05) is 26.2 Å². The Bertz CT molecular complexity index is 936. The van der Waals surface area contributed by atoms with Gasteiger partial charge in [0.05, 0.1) is 29.2 Å². The van der Waals surface area contributed by atoms with Crippen molar-refractivity contribution in [3.8, 4) is 0 Å². The number of ether oxygens (including phenoxy) is 1. The standard InChI is InChI=1S/C18H23N7O5S/c1-5-8-29-25-11-9-24(16(25)27)13(12-14(11)31-10-20-12)15(26)23(7-6-21-22-19)17(28)30-18(2,3)4/h5,10-11,13H,1,6-9H2,2-4H3/t11-,13?/m0/s1. The Morgan fingerprint density at radius 1 is 1.52 bits per heavy atom. The summed E-state index contributed by atoms with van der Waals surface area (Å²) in [6, 6.07) is -2.03. The molecule has 3 rings (SSSR count). The summed E-state index contributed by atoms with van der Waals surface area (Å²) in [7, 11) is 0. The van der Waals surface area contributed by atoms with Crippen molar-refractivity contribution >= 4 is 29.4 Å². The van der Waals surface area contributed by atoms with E-state index in [0.29, 0.717) is 10.6 Å². The van der Waals surface area contributed by atoms with Crippen LogP contribution in [0.1, 0.15) is 43.4 Å². The van der Waals surface area contributed by atoms with Crippen LogP contribution in [0.15, 0.2) is 23.3 Å². The minimum Gasteiger partial charge on any atom is -0.443 e. The van der Waals surface area contributed by atoms with Gasteiger partial charge in [-0.1, -0.05) is 11.2 Å². The molecule has 1 aromatic rings. The number of urea groups is 1. The maximum atomic E-state index is 13.5. The Balaban J connectivity index is 1.94. The third-order valence-electron chi connectivity index (χ3n) is 4.52. The number of hydrogen-bond donors (Lipinski definition) is 0. The Morgan fingerprint density at radius 2 is 2.26 bits per heavy atom. The van der Waals surface area contributed by atoms with E-state index in [1.807, 2.05) is 0 Å². The number of aromatic nitrogens is 1. The third kappa shape index (κ3) is 4.48. The molecule has 12 nitrogen and oxygen atoms in total. The van der Waals surface area contributed by atoms with Crippen molar-refractivity contribution in [3.63, 3.8) is 0 Å². The number of hydroxylamine groups is 2. The second kappa shape index (κ2) is 8.92. The number of amides is 4. The zero-order valence-corrected chi connectivity index (χ0v) is 18.2. The number of hydrogen-bond acceptors (Lipinski definition) is 8. The van der Waals surface area contributed by atoms with Crippen LogP contribution in [0.2, 0.25) is 0 Å². The molecule has 166 valence electrons. The van der Waals surface area contributed by atoms with Gasteiger partial charge in [-0.3, -0.25) is 9.63 Å². The molecule has 1 fully saturated rings. The first-order valence-electron chi connectivity index (χ1n) is 9.51. The van der Waals surface area contributed by atoms with Gasteiger partial charge in [-0.2, -0.15) is 5.06 Å². The van der Waals surface area contributed by atoms with E-state index in [1.54, 1.807) is 26.3 Å². The monoisotopic (exact) mass is 449 g/mol. The van der Waals surface area contributed by atoms with E-state index in [9.17, 15) is 14.4 Å². The van der Waals surface area contributed by atoms with E-state index in [1.165, 1.54) is 27.4 Å². The van der Waals surface area contributed by atoms with Crippen LogP contribution in [-0.2, 0) is 14.4 Å². The van der Waals surface area contributed by atoms with Gasteiger partial charge < -0.3 is 9.64 Å². The summed E-state index contributed by atoms with van der Waals surface area (Å²) in [6.07, 6.45) is 0.622. The van der Waals surface area contributed by atoms with E-state index >= 15 is 0 Å². The van der Waals surface area contributed by atoms with Crippen LogP contribution < -0.4 is 0 Å². The van der Waals surface area contributed by atoms with E-state index < -0.39 is 35.7 Å². The Morgan fingerprint density at radius 3 is 2.90 bits per heavy atom. The van der Waals surface area contributed by atoms with Crippen molar-refractivity contribution in [3.05, 3.63) is 39.2 Å². The zero-order chi connectivity index (χ0) is 22.8. The molecule has 1 saturated heterocycles. The van der Waals surface area contributed by atoms with Gasteiger partial charge >= 0.3 is 12.1 Å². The topological polar surface area (TPSA) is 141 Å². The predicted octanol–water partition coefficient (Wildman–Crippen LogP) is 3.17. The molecule has 2 bridgehead atoms. The first-order chi connectivity index (χ1) is 14.7. The van der Waals surface area contributed by atoms with Gasteiger partial charge in [-0.15, -0.1) is 17.9 Å². The average Bonchev–Trinajstić information content (AvgIpc) is 3.27. The number of carbonyl (C=O) groups excluding carboxylic acids is 3. The Labute approximate surface area is 182 Å². The molecular formula is C18H23N7O5S. The lowest BCUT2D eigenvalue weighted by Gasteiger charge is -2.33. The molecule has 2 aliphatic rings. The quantitative estimate of drug-likeness (QED) is 0.271. The molecule has 1 aromatic heterocycles. The van der Waals surface area contributed by atoms with E-state index in [0.717, 1.165) is 4.90 Å². The SMILES string of the molecule is C=CCON1C(=O)N2C[C@H]1c1scnc1C2C(=O)N(CCN=[N+]=[N-])C(=O)OC(C)(C)C. The number of carbonyl (C=O) groups is 3. The normalized spacial score (nSPS) is 19.5. The number of nitrogens with zero attached hydrogens (tertiary/aromatic N) is 7. The number of thiazole rings is 1. The van der Waals surface area contributed by atoms with Crippen LogP contribution in [0.3, 0.4) is 0 Å². The summed E-state index contributed by atoms with van der Waals surface area (Å²) in [5.74, 6) is -0.688. The van der Waals surface area contributed by atoms with Crippen LogP contribution in [0.4, 0.5) is 9.59 Å². The van der Waals surface area contributed by atoms with Crippen LogP contribution in [-0.4, -0.2) is 69.7 Å². The van der Waals surface area contributed by atoms with Crippen molar-refractivity contribution in [2.24, 2.45) is 5.11 Å². The minimum absolute atomic E-state index is 0.124. The van der Waals surface area contributed by atoms with Crippen LogP contribution in [0, 0.1) is 0 Å². The molecule has 31 heavy (non-hydrogen) atoms. The van der Waals surface area contributed by atoms with Crippen molar-refractivity contribution in [2.45, 2.75) is 38.5 Å². The first kappa shape index (κ1) is 22.5. The highest BCUT2D eigenvalue weighted by Crippen LogP contribution is 2.45. The maximum absolute atomic E-state index is 13.5. The molecule has 3 heterocycles. The molecule has 2 aliphatic heterocycles. The molecule has 1 unspecified atom stereocenters. The third-order valence-corrected chi connectivity index (χ3v) is 5.46. The maximum Gasteiger partial charge on any atom is 0.417 e. The highest BCUT2D eigenvalue weighted by molar-refractivity contribution is 7.09. The van der Waals surface area contributed by atoms with Crippen LogP contribution in [0.25, 0.3) is 10.4 Å². The van der Waals surface area contributed by atoms with Crippen LogP contribution in [0.5, 0.6) is 0 Å². The van der Waals surface area contributed by atoms with Gasteiger partial charge in [0.1, 0.15) is 11.6 Å². The predicted molar refractivity (Wildman–Crippen MR) is 110 cm³/mol. The van der Waals surface area contributed by atoms with Gasteiger partial charge in [0, 0.05) is 18.0 Å². The number of rotatable bonds is 7. The van der Waals surface area contributed by atoms with Crippen molar-refractivity contribution < 1.29 is 24.0 Å². The van der Waals surface area contributed by atoms with Crippen molar-refractivity contribution in [1.82, 2.24) is 19.8 Å². The van der Waals surface area contributed by atoms with Gasteiger partial charge in [0.25, 0.3) is 5.91 Å². The molecule has 0 aliphatic carbocycles. The molecular weight excluding hydrogens is 426 g/mol. The molecule has 0 N–H and O–H groups in total. The second-order valence-electron chi connectivity index (χ2n) is 7.79. The summed E-state index contributed by atoms with van der Waals surface area (Å²) >= 11 is 1.31. The summed E-state index contributed by atoms with van der Waals surface area (Å²) in [5, 5.41) is 4.62. The summed E-state index contributed by atoms with van der Waals surface area (Å²) < 4.78 is 5.36. The molecule has 13 heteroatoms. The largest absolute Gasteiger partial charge is 0.443 e. The minimum atomic E-state index is -1.12. The highest BCUT2D eigenvalue weighted by atomic mass is 32.1. The second-order valence-corrected chi connectivity index (χ2v) is 8.68. The lowest BCUT2D eigenvalue weighted by Crippen LogP contribution is -2.49. The van der Waals surface area contributed by atoms with E-state index in [2.05, 4.69) is 21.6 Å². The van der Waals surface area contributed by atoms with Gasteiger partial charge in [0.2, 0.25) is 0 Å². The lowest BCUT2D eigenvalue weighted by atomic mass is 10.0. The summed E-state index contributed by atoms with van der Waals surface area (Å²) in [6.45, 7) is 8.59. The smallest absolute Gasteiger partial charge is 0.417 e. The van der Waals surface area contributed by atoms with E-state index in [-0.39, 0.29) is 26.2 Å². The molecule has 4 amide bonds. The lowest BCUT2D eigenvalue weighted by molar-refractivity contribution is -0.135. The highest BCUT2D eigenvalue weighted by Gasteiger charge is 2.53. The van der Waals surface area contributed by atoms with Crippen molar-refractivity contribution in [1.29, 1.82) is 0 Å². The first-order valence-corrected chi connectivity index (χ1v) is 10.4. The fraction of sp³-hybridized carbons (Fsp3) is 0.556. The number of imide groups is 1. The van der Waals surface area contributed by atoms with Crippen LogP contribution >= 0.6 is 11.3 Å². The fourth-order valence-electron chi connectivity index (χ4n) is 3.34. The Kier molecular flexibility index (Phi) is 6.48. The zero-order valence-electron chi connectivity index (χ0n) is 17.4. The Hall–Kier alpha value is -3.15. The molecule has 0 radical (unpaired) electrons. The molecule has 0 aromatic carbocycles. The van der Waals surface area contributed by atoms with Gasteiger partial charge in [0.15, 0.2) is 6.04 Å². The van der Waals surface area contributed by atoms with E-state index in [4.69, 9.17) is 15.1 Å². The van der Waals surface area contributed by atoms with Gasteiger partial charge in [-0.05, 0) is 26.3 Å². The molecule has 0 saturated carbocycles. The molecule has 0 spiro atoms. The average molecular weight is 449 g/mol. The summed E-state index contributed by atoms with van der Waals surface area (Å²) in [5.41, 5.74) is 9.69. The van der Waals surface area contributed by atoms with Gasteiger partial charge in [-0.25, -0.2) is 19.5 Å². The molecule has 2 atom stereocenters. The number of azide groups is 1. The summed E-state index contributed by atoms with van der Waals surface area (Å²) in [4.78, 5) is 54.6. The fourth-order valence-corrected chi connectivity index (χ4v) is 4.24.